The van der Waals surface area contributed by atoms with Crippen LogP contribution < -0.4 is 0 Å². The van der Waals surface area contributed by atoms with Gasteiger partial charge in [0, 0.05) is 32.4 Å². The Kier molecular flexibility index (Phi) is 3.83. The van der Waals surface area contributed by atoms with Gasteiger partial charge in [0.2, 0.25) is 5.91 Å². The number of carbonyl (C=O) groups excluding carboxylic acids is 1. The Bertz CT molecular complexity index is 398. The van der Waals surface area contributed by atoms with Crippen molar-refractivity contribution in [2.45, 2.75) is 13.0 Å². The molecule has 5 nitrogen and oxygen atoms in total. The number of rotatable bonds is 2. The van der Waals surface area contributed by atoms with Crippen LogP contribution >= 0.6 is 15.9 Å². The van der Waals surface area contributed by atoms with Crippen molar-refractivity contribution in [1.82, 2.24) is 19.6 Å². The van der Waals surface area contributed by atoms with E-state index in [1.165, 1.54) is 0 Å². The zero-order chi connectivity index (χ0) is 12.4. The van der Waals surface area contributed by atoms with Crippen molar-refractivity contribution in [3.8, 4) is 0 Å². The minimum absolute atomic E-state index is 0.147. The Balaban J connectivity index is 2.00. The summed E-state index contributed by atoms with van der Waals surface area (Å²) in [5.74, 6) is 0.147. The minimum atomic E-state index is -0.232. The fourth-order valence-corrected chi connectivity index (χ4v) is 2.23. The van der Waals surface area contributed by atoms with Crippen LogP contribution in [-0.4, -0.2) is 58.7 Å². The summed E-state index contributed by atoms with van der Waals surface area (Å²) in [6.07, 6.45) is 3.53. The van der Waals surface area contributed by atoms with Gasteiger partial charge in [-0.25, -0.2) is 0 Å². The van der Waals surface area contributed by atoms with Crippen LogP contribution in [0, 0.1) is 0 Å². The average molecular weight is 301 g/mol. The summed E-state index contributed by atoms with van der Waals surface area (Å²) < 4.78 is 2.60. The van der Waals surface area contributed by atoms with Crippen LogP contribution in [0.1, 0.15) is 13.0 Å². The number of hydrogen-bond donors (Lipinski definition) is 0. The number of piperazine rings is 1. The molecule has 0 aliphatic carbocycles. The van der Waals surface area contributed by atoms with Gasteiger partial charge in [0.1, 0.15) is 6.04 Å². The van der Waals surface area contributed by atoms with Gasteiger partial charge in [0.25, 0.3) is 0 Å². The molecule has 1 saturated heterocycles. The van der Waals surface area contributed by atoms with Crippen molar-refractivity contribution >= 4 is 21.8 Å². The van der Waals surface area contributed by atoms with Gasteiger partial charge in [-0.15, -0.1) is 0 Å². The Hall–Kier alpha value is -0.880. The van der Waals surface area contributed by atoms with Gasteiger partial charge in [0.05, 0.1) is 10.7 Å². The summed E-state index contributed by atoms with van der Waals surface area (Å²) in [5, 5.41) is 4.16. The van der Waals surface area contributed by atoms with Gasteiger partial charge < -0.3 is 9.80 Å². The molecule has 1 aliphatic rings. The predicted molar refractivity (Wildman–Crippen MR) is 68.7 cm³/mol. The first kappa shape index (κ1) is 12.6. The second kappa shape index (κ2) is 5.18. The van der Waals surface area contributed by atoms with Crippen molar-refractivity contribution in [2.75, 3.05) is 33.2 Å². The van der Waals surface area contributed by atoms with Crippen LogP contribution in [0.15, 0.2) is 16.9 Å². The molecule has 0 bridgehead atoms. The van der Waals surface area contributed by atoms with Crippen molar-refractivity contribution < 1.29 is 4.79 Å². The first-order valence-corrected chi connectivity index (χ1v) is 6.54. The monoisotopic (exact) mass is 300 g/mol. The second-order valence-electron chi connectivity index (χ2n) is 4.44. The predicted octanol–water partition coefficient (Wildman–Crippen LogP) is 0.981. The molecule has 17 heavy (non-hydrogen) atoms. The molecule has 0 spiro atoms. The maximum atomic E-state index is 12.2. The Morgan fingerprint density at radius 3 is 2.59 bits per heavy atom. The fraction of sp³-hybridized carbons (Fsp3) is 0.636. The summed E-state index contributed by atoms with van der Waals surface area (Å²) in [6.45, 7) is 5.40. The third kappa shape index (κ3) is 2.87. The van der Waals surface area contributed by atoms with E-state index in [4.69, 9.17) is 0 Å². The third-order valence-corrected chi connectivity index (χ3v) is 3.55. The highest BCUT2D eigenvalue weighted by Crippen LogP contribution is 2.14. The molecule has 1 amide bonds. The van der Waals surface area contributed by atoms with Crippen LogP contribution in [0.5, 0.6) is 0 Å². The number of hydrogen-bond acceptors (Lipinski definition) is 3. The highest BCUT2D eigenvalue weighted by molar-refractivity contribution is 9.10. The quantitative estimate of drug-likeness (QED) is 0.818. The van der Waals surface area contributed by atoms with Gasteiger partial charge in [-0.2, -0.15) is 5.10 Å². The molecule has 1 unspecified atom stereocenters. The van der Waals surface area contributed by atoms with Gasteiger partial charge in [0.15, 0.2) is 0 Å². The zero-order valence-corrected chi connectivity index (χ0v) is 11.7. The SMILES string of the molecule is CC(C(=O)N1CCN(C)CC1)n1cc(Br)cn1. The van der Waals surface area contributed by atoms with Crippen LogP contribution in [0.3, 0.4) is 0 Å². The molecular formula is C11H17BrN4O. The highest BCUT2D eigenvalue weighted by Gasteiger charge is 2.24. The molecule has 1 atom stereocenters. The van der Waals surface area contributed by atoms with Crippen molar-refractivity contribution in [3.05, 3.63) is 16.9 Å². The summed E-state index contributed by atoms with van der Waals surface area (Å²) >= 11 is 3.34. The summed E-state index contributed by atoms with van der Waals surface area (Å²) in [5.41, 5.74) is 0. The van der Waals surface area contributed by atoms with Crippen LogP contribution in [0.25, 0.3) is 0 Å². The molecule has 0 N–H and O–H groups in total. The number of carbonyl (C=O) groups is 1. The molecule has 0 saturated carbocycles. The van der Waals surface area contributed by atoms with Gasteiger partial charge in [-0.3, -0.25) is 9.48 Å². The Labute approximate surface area is 110 Å². The van der Waals surface area contributed by atoms with Gasteiger partial charge in [-0.05, 0) is 29.9 Å². The minimum Gasteiger partial charge on any atom is -0.338 e. The topological polar surface area (TPSA) is 41.4 Å². The lowest BCUT2D eigenvalue weighted by atomic mass is 10.2. The van der Waals surface area contributed by atoms with Crippen molar-refractivity contribution in [3.63, 3.8) is 0 Å². The maximum absolute atomic E-state index is 12.2. The molecule has 0 aromatic carbocycles. The van der Waals surface area contributed by atoms with E-state index < -0.39 is 0 Å². The first-order chi connectivity index (χ1) is 8.08. The molecule has 1 aromatic heterocycles. The highest BCUT2D eigenvalue weighted by atomic mass is 79.9. The van der Waals surface area contributed by atoms with Crippen LogP contribution in [0.2, 0.25) is 0 Å². The molecule has 1 aliphatic heterocycles. The fourth-order valence-electron chi connectivity index (χ4n) is 1.93. The van der Waals surface area contributed by atoms with E-state index in [0.29, 0.717) is 0 Å². The number of likely N-dealkylation sites (N-methyl/N-ethyl adjacent to an activating group) is 1. The van der Waals surface area contributed by atoms with Crippen LogP contribution in [0.4, 0.5) is 0 Å². The molecule has 1 fully saturated rings. The third-order valence-electron chi connectivity index (χ3n) is 3.14. The van der Waals surface area contributed by atoms with Crippen molar-refractivity contribution in [1.29, 1.82) is 0 Å². The number of nitrogens with zero attached hydrogens (tertiary/aromatic N) is 4. The molecule has 1 aromatic rings. The smallest absolute Gasteiger partial charge is 0.247 e. The zero-order valence-electron chi connectivity index (χ0n) is 10.1. The Morgan fingerprint density at radius 1 is 1.41 bits per heavy atom. The van der Waals surface area contributed by atoms with E-state index in [2.05, 4.69) is 33.0 Å². The summed E-state index contributed by atoms with van der Waals surface area (Å²) in [6, 6.07) is -0.232. The summed E-state index contributed by atoms with van der Waals surface area (Å²) in [4.78, 5) is 16.4. The van der Waals surface area contributed by atoms with E-state index in [1.54, 1.807) is 10.9 Å². The van der Waals surface area contributed by atoms with Crippen molar-refractivity contribution in [2.24, 2.45) is 0 Å². The lowest BCUT2D eigenvalue weighted by molar-refractivity contribution is -0.136. The standard InChI is InChI=1S/C11H17BrN4O/c1-9(16-8-10(12)7-13-16)11(17)15-5-3-14(2)4-6-15/h7-9H,3-6H2,1-2H3. The Morgan fingerprint density at radius 2 is 2.06 bits per heavy atom. The van der Waals surface area contributed by atoms with E-state index >= 15 is 0 Å². The average Bonchev–Trinajstić information content (AvgIpc) is 2.75. The number of halogens is 1. The number of amides is 1. The normalized spacial score (nSPS) is 19.4. The van der Waals surface area contributed by atoms with E-state index in [9.17, 15) is 4.79 Å². The first-order valence-electron chi connectivity index (χ1n) is 5.75. The molecule has 0 radical (unpaired) electrons. The largest absolute Gasteiger partial charge is 0.338 e. The van der Waals surface area contributed by atoms with Gasteiger partial charge in [-0.1, -0.05) is 0 Å². The lowest BCUT2D eigenvalue weighted by Crippen LogP contribution is -2.49. The lowest BCUT2D eigenvalue weighted by Gasteiger charge is -2.33. The number of aromatic nitrogens is 2. The van der Waals surface area contributed by atoms with E-state index in [1.807, 2.05) is 18.0 Å². The molecule has 6 heteroatoms. The second-order valence-corrected chi connectivity index (χ2v) is 5.36. The molecule has 2 heterocycles. The molecule has 94 valence electrons. The molecule has 2 rings (SSSR count). The molecular weight excluding hydrogens is 284 g/mol. The van der Waals surface area contributed by atoms with Gasteiger partial charge >= 0.3 is 0 Å². The van der Waals surface area contributed by atoms with E-state index in [0.717, 1.165) is 30.7 Å². The maximum Gasteiger partial charge on any atom is 0.247 e. The van der Waals surface area contributed by atoms with Crippen LogP contribution in [-0.2, 0) is 4.79 Å². The van der Waals surface area contributed by atoms with E-state index in [-0.39, 0.29) is 11.9 Å². The summed E-state index contributed by atoms with van der Waals surface area (Å²) in [7, 11) is 2.08.